The molecule has 0 saturated carbocycles. The molecule has 2 rings (SSSR count). The molecule has 0 aliphatic heterocycles. The van der Waals surface area contributed by atoms with Gasteiger partial charge in [-0.05, 0) is 6.07 Å². The van der Waals surface area contributed by atoms with Crippen molar-refractivity contribution in [2.24, 2.45) is 0 Å². The van der Waals surface area contributed by atoms with Crippen molar-refractivity contribution in [3.63, 3.8) is 0 Å². The summed E-state index contributed by atoms with van der Waals surface area (Å²) in [6.45, 7) is 2.58. The summed E-state index contributed by atoms with van der Waals surface area (Å²) in [6, 6.07) is 7.26. The number of nitrogens with one attached hydrogen (secondary N) is 1. The molecule has 0 amide bonds. The minimum absolute atomic E-state index is 0.301. The van der Waals surface area contributed by atoms with E-state index in [0.29, 0.717) is 12.3 Å². The van der Waals surface area contributed by atoms with Crippen molar-refractivity contribution in [2.75, 3.05) is 5.32 Å². The third-order valence-corrected chi connectivity index (χ3v) is 2.92. The van der Waals surface area contributed by atoms with E-state index in [1.807, 2.05) is 19.1 Å². The lowest BCUT2D eigenvalue weighted by molar-refractivity contribution is 0.469. The molecule has 0 radical (unpaired) electrons. The zero-order chi connectivity index (χ0) is 11.4. The Morgan fingerprint density at radius 2 is 2.19 bits per heavy atom. The maximum absolute atomic E-state index is 9.57. The summed E-state index contributed by atoms with van der Waals surface area (Å²) < 4.78 is 4.17. The Balaban J connectivity index is 1.99. The average Bonchev–Trinajstić information content (AvgIpc) is 2.76. The molecule has 1 aromatic carbocycles. The summed E-state index contributed by atoms with van der Waals surface area (Å²) in [6.07, 6.45) is 0.842. The molecule has 0 saturated heterocycles. The summed E-state index contributed by atoms with van der Waals surface area (Å²) >= 11 is 1.35. The number of aryl methyl sites for hydroxylation is 1. The molecule has 0 unspecified atom stereocenters. The molecular weight excluding hydrogens is 222 g/mol. The number of phenolic OH excluding ortho intramolecular Hbond substituents is 1. The number of benzene rings is 1. The molecule has 0 atom stereocenters. The fraction of sp³-hybridized carbons (Fsp3) is 0.273. The second kappa shape index (κ2) is 4.94. The topological polar surface area (TPSA) is 58.0 Å². The molecule has 2 N–H and O–H groups in total. The van der Waals surface area contributed by atoms with Crippen LogP contribution in [0.1, 0.15) is 18.3 Å². The van der Waals surface area contributed by atoms with Gasteiger partial charge in [-0.15, -0.1) is 0 Å². The maximum Gasteiger partial charge on any atom is 0.202 e. The van der Waals surface area contributed by atoms with E-state index in [0.717, 1.165) is 22.9 Å². The van der Waals surface area contributed by atoms with Crippen LogP contribution in [-0.4, -0.2) is 14.5 Å². The van der Waals surface area contributed by atoms with Gasteiger partial charge in [0.05, 0.1) is 0 Å². The molecule has 0 fully saturated rings. The first kappa shape index (κ1) is 10.9. The number of hydrogen-bond acceptors (Lipinski definition) is 5. The third-order valence-electron chi connectivity index (χ3n) is 2.21. The van der Waals surface area contributed by atoms with E-state index in [1.54, 1.807) is 12.1 Å². The van der Waals surface area contributed by atoms with Gasteiger partial charge in [0.1, 0.15) is 11.6 Å². The summed E-state index contributed by atoms with van der Waals surface area (Å²) in [4.78, 5) is 4.29. The number of phenols is 1. The van der Waals surface area contributed by atoms with Crippen LogP contribution in [0.4, 0.5) is 5.13 Å². The van der Waals surface area contributed by atoms with Gasteiger partial charge in [0.25, 0.3) is 0 Å². The van der Waals surface area contributed by atoms with Crippen LogP contribution >= 0.6 is 11.5 Å². The maximum atomic E-state index is 9.57. The van der Waals surface area contributed by atoms with Gasteiger partial charge in [0, 0.05) is 30.1 Å². The van der Waals surface area contributed by atoms with E-state index in [1.165, 1.54) is 11.5 Å². The zero-order valence-electron chi connectivity index (χ0n) is 8.97. The van der Waals surface area contributed by atoms with Crippen LogP contribution in [0.5, 0.6) is 5.75 Å². The molecule has 84 valence electrons. The predicted molar refractivity (Wildman–Crippen MR) is 64.7 cm³/mol. The number of hydrogen-bond donors (Lipinski definition) is 2. The first-order valence-electron chi connectivity index (χ1n) is 5.13. The zero-order valence-corrected chi connectivity index (χ0v) is 9.79. The number of nitrogens with zero attached hydrogens (tertiary/aromatic N) is 2. The third kappa shape index (κ3) is 2.49. The van der Waals surface area contributed by atoms with E-state index < -0.39 is 0 Å². The monoisotopic (exact) mass is 235 g/mol. The van der Waals surface area contributed by atoms with Crippen LogP contribution in [0.3, 0.4) is 0 Å². The van der Waals surface area contributed by atoms with E-state index in [2.05, 4.69) is 14.7 Å². The van der Waals surface area contributed by atoms with Crippen LogP contribution in [0, 0.1) is 0 Å². The summed E-state index contributed by atoms with van der Waals surface area (Å²) in [7, 11) is 0. The van der Waals surface area contributed by atoms with Gasteiger partial charge in [-0.3, -0.25) is 0 Å². The van der Waals surface area contributed by atoms with Gasteiger partial charge in [0.2, 0.25) is 5.13 Å². The van der Waals surface area contributed by atoms with Gasteiger partial charge >= 0.3 is 0 Å². The fourth-order valence-electron chi connectivity index (χ4n) is 1.30. The van der Waals surface area contributed by atoms with E-state index in [-0.39, 0.29) is 0 Å². The normalized spacial score (nSPS) is 10.3. The number of aromatic hydroxyl groups is 1. The second-order valence-electron chi connectivity index (χ2n) is 3.35. The van der Waals surface area contributed by atoms with Crippen molar-refractivity contribution in [1.82, 2.24) is 9.36 Å². The van der Waals surface area contributed by atoms with E-state index in [9.17, 15) is 5.11 Å². The Kier molecular flexibility index (Phi) is 3.36. The Hall–Kier alpha value is -1.62. The van der Waals surface area contributed by atoms with Crippen LogP contribution in [0.2, 0.25) is 0 Å². The second-order valence-corrected chi connectivity index (χ2v) is 4.10. The highest BCUT2D eigenvalue weighted by molar-refractivity contribution is 7.09. The lowest BCUT2D eigenvalue weighted by Gasteiger charge is -2.04. The van der Waals surface area contributed by atoms with Crippen molar-refractivity contribution in [1.29, 1.82) is 0 Å². The molecule has 1 aromatic heterocycles. The first-order chi connectivity index (χ1) is 7.79. The summed E-state index contributed by atoms with van der Waals surface area (Å²) in [5.41, 5.74) is 0.857. The molecule has 16 heavy (non-hydrogen) atoms. The van der Waals surface area contributed by atoms with Crippen molar-refractivity contribution in [3.8, 4) is 5.75 Å². The molecule has 0 spiro atoms. The first-order valence-corrected chi connectivity index (χ1v) is 5.90. The highest BCUT2D eigenvalue weighted by Gasteiger charge is 2.03. The molecule has 4 nitrogen and oxygen atoms in total. The van der Waals surface area contributed by atoms with Crippen LogP contribution < -0.4 is 5.32 Å². The van der Waals surface area contributed by atoms with Gasteiger partial charge in [-0.2, -0.15) is 4.37 Å². The molecular formula is C11H13N3OS. The minimum atomic E-state index is 0.301. The quantitative estimate of drug-likeness (QED) is 0.854. The molecule has 0 bridgehead atoms. The summed E-state index contributed by atoms with van der Waals surface area (Å²) in [5.74, 6) is 1.15. The molecule has 1 heterocycles. The highest BCUT2D eigenvalue weighted by Crippen LogP contribution is 2.18. The van der Waals surface area contributed by atoms with E-state index in [4.69, 9.17) is 0 Å². The van der Waals surface area contributed by atoms with Crippen LogP contribution in [-0.2, 0) is 13.0 Å². The number of para-hydroxylation sites is 1. The minimum Gasteiger partial charge on any atom is -0.508 e. The molecule has 0 aliphatic rings. The van der Waals surface area contributed by atoms with Gasteiger partial charge in [0.15, 0.2) is 0 Å². The van der Waals surface area contributed by atoms with Gasteiger partial charge in [-0.25, -0.2) is 4.98 Å². The number of anilines is 1. The van der Waals surface area contributed by atoms with Crippen LogP contribution in [0.25, 0.3) is 0 Å². The number of aromatic nitrogens is 2. The lowest BCUT2D eigenvalue weighted by atomic mass is 10.2. The van der Waals surface area contributed by atoms with Crippen LogP contribution in [0.15, 0.2) is 24.3 Å². The fourth-order valence-corrected chi connectivity index (χ4v) is 1.95. The molecule has 2 aromatic rings. The SMILES string of the molecule is CCc1nsc(NCc2ccccc2O)n1. The smallest absolute Gasteiger partial charge is 0.202 e. The number of rotatable bonds is 4. The molecule has 0 aliphatic carbocycles. The Morgan fingerprint density at radius 3 is 2.88 bits per heavy atom. The van der Waals surface area contributed by atoms with Crippen molar-refractivity contribution in [3.05, 3.63) is 35.7 Å². The standard InChI is InChI=1S/C11H13N3OS/c1-2-10-13-11(16-14-10)12-7-8-5-3-4-6-9(8)15/h3-6,15H,2,7H2,1H3,(H,12,13,14). The lowest BCUT2D eigenvalue weighted by Crippen LogP contribution is -1.99. The van der Waals surface area contributed by atoms with Crippen molar-refractivity contribution >= 4 is 16.7 Å². The largest absolute Gasteiger partial charge is 0.508 e. The highest BCUT2D eigenvalue weighted by atomic mass is 32.1. The molecule has 5 heteroatoms. The Morgan fingerprint density at radius 1 is 1.38 bits per heavy atom. The van der Waals surface area contributed by atoms with Crippen molar-refractivity contribution in [2.45, 2.75) is 19.9 Å². The van der Waals surface area contributed by atoms with Gasteiger partial charge < -0.3 is 10.4 Å². The van der Waals surface area contributed by atoms with E-state index >= 15 is 0 Å². The average molecular weight is 235 g/mol. The van der Waals surface area contributed by atoms with Crippen molar-refractivity contribution < 1.29 is 5.11 Å². The Labute approximate surface area is 98.1 Å². The Bertz CT molecular complexity index is 470. The summed E-state index contributed by atoms with van der Waals surface area (Å²) in [5, 5.41) is 13.5. The van der Waals surface area contributed by atoms with Gasteiger partial charge in [-0.1, -0.05) is 25.1 Å². The predicted octanol–water partition coefficient (Wildman–Crippen LogP) is 2.42.